The highest BCUT2D eigenvalue weighted by Gasteiger charge is 2.07. The molecule has 0 unspecified atom stereocenters. The van der Waals surface area contributed by atoms with Crippen molar-refractivity contribution in [1.29, 1.82) is 0 Å². The number of nitrogens with zero attached hydrogens (tertiary/aromatic N) is 2. The fourth-order valence-electron chi connectivity index (χ4n) is 1.03. The molecule has 0 atom stereocenters. The third-order valence-corrected chi connectivity index (χ3v) is 1.62. The summed E-state index contributed by atoms with van der Waals surface area (Å²) in [4.78, 5) is 5.90. The van der Waals surface area contributed by atoms with Gasteiger partial charge >= 0.3 is 0 Å². The second kappa shape index (κ2) is 3.76. The van der Waals surface area contributed by atoms with E-state index in [4.69, 9.17) is 0 Å². The van der Waals surface area contributed by atoms with Crippen molar-refractivity contribution in [3.63, 3.8) is 0 Å². The smallest absolute Gasteiger partial charge is 0.105 e. The van der Waals surface area contributed by atoms with Gasteiger partial charge in [0.2, 0.25) is 0 Å². The van der Waals surface area contributed by atoms with E-state index in [1.54, 1.807) is 12.4 Å². The molecule has 64 valence electrons. The summed E-state index contributed by atoms with van der Waals surface area (Å²) in [6.45, 7) is 5.83. The van der Waals surface area contributed by atoms with E-state index < -0.39 is 0 Å². The summed E-state index contributed by atoms with van der Waals surface area (Å²) in [5.74, 6) is 1.00. The van der Waals surface area contributed by atoms with Crippen LogP contribution in [0.15, 0.2) is 41.6 Å². The molecule has 0 saturated heterocycles. The SMILES string of the molecule is C=C1C=NC=CN1/C(=C\C)NC. The van der Waals surface area contributed by atoms with Crippen LogP contribution >= 0.6 is 0 Å². The van der Waals surface area contributed by atoms with Crippen molar-refractivity contribution in [1.82, 2.24) is 10.2 Å². The Morgan fingerprint density at radius 1 is 1.75 bits per heavy atom. The lowest BCUT2D eigenvalue weighted by Crippen LogP contribution is -2.25. The highest BCUT2D eigenvalue weighted by atomic mass is 15.2. The molecule has 0 aromatic rings. The molecule has 0 radical (unpaired) electrons. The summed E-state index contributed by atoms with van der Waals surface area (Å²) in [6.07, 6.45) is 7.30. The Morgan fingerprint density at radius 2 is 2.50 bits per heavy atom. The molecule has 0 aliphatic carbocycles. The van der Waals surface area contributed by atoms with Crippen LogP contribution in [0.4, 0.5) is 0 Å². The average Bonchev–Trinajstić information content (AvgIpc) is 2.10. The lowest BCUT2D eigenvalue weighted by molar-refractivity contribution is 0.552. The molecule has 0 aromatic carbocycles. The first-order valence-electron chi connectivity index (χ1n) is 3.81. The van der Waals surface area contributed by atoms with E-state index in [2.05, 4.69) is 16.9 Å². The van der Waals surface area contributed by atoms with Gasteiger partial charge in [-0.25, -0.2) is 0 Å². The lowest BCUT2D eigenvalue weighted by atomic mass is 10.4. The van der Waals surface area contributed by atoms with E-state index in [-0.39, 0.29) is 0 Å². The molecule has 0 amide bonds. The Labute approximate surface area is 72.8 Å². The zero-order chi connectivity index (χ0) is 8.97. The normalized spacial score (nSPS) is 17.0. The fraction of sp³-hybridized carbons (Fsp3) is 0.222. The van der Waals surface area contributed by atoms with Crippen LogP contribution in [-0.4, -0.2) is 18.2 Å². The van der Waals surface area contributed by atoms with Gasteiger partial charge in [-0.15, -0.1) is 0 Å². The predicted octanol–water partition coefficient (Wildman–Crippen LogP) is 1.44. The second-order valence-electron chi connectivity index (χ2n) is 2.36. The van der Waals surface area contributed by atoms with Gasteiger partial charge in [0.25, 0.3) is 0 Å². The number of hydrogen-bond acceptors (Lipinski definition) is 3. The number of aliphatic imine (C=N–C) groups is 1. The number of rotatable bonds is 2. The van der Waals surface area contributed by atoms with Gasteiger partial charge in [-0.2, -0.15) is 0 Å². The summed E-state index contributed by atoms with van der Waals surface area (Å²) in [5.41, 5.74) is 0.861. The number of nitrogens with one attached hydrogen (secondary N) is 1. The van der Waals surface area contributed by atoms with E-state index in [9.17, 15) is 0 Å². The monoisotopic (exact) mass is 163 g/mol. The largest absolute Gasteiger partial charge is 0.375 e. The van der Waals surface area contributed by atoms with Gasteiger partial charge in [-0.05, 0) is 13.0 Å². The van der Waals surface area contributed by atoms with E-state index in [0.717, 1.165) is 11.5 Å². The molecule has 1 heterocycles. The van der Waals surface area contributed by atoms with Crippen molar-refractivity contribution in [2.75, 3.05) is 7.05 Å². The summed E-state index contributed by atoms with van der Waals surface area (Å²) in [7, 11) is 1.88. The molecule has 3 heteroatoms. The van der Waals surface area contributed by atoms with Gasteiger partial charge in [0.1, 0.15) is 5.82 Å². The Kier molecular flexibility index (Phi) is 2.69. The van der Waals surface area contributed by atoms with Crippen LogP contribution in [0.3, 0.4) is 0 Å². The summed E-state index contributed by atoms with van der Waals surface area (Å²) in [5, 5.41) is 3.07. The molecule has 0 aromatic heterocycles. The van der Waals surface area contributed by atoms with Crippen LogP contribution < -0.4 is 5.32 Å². The zero-order valence-electron chi connectivity index (χ0n) is 7.41. The van der Waals surface area contributed by atoms with E-state index in [0.29, 0.717) is 0 Å². The molecule has 3 nitrogen and oxygen atoms in total. The van der Waals surface area contributed by atoms with Crippen molar-refractivity contribution in [3.05, 3.63) is 36.6 Å². The van der Waals surface area contributed by atoms with Crippen LogP contribution in [-0.2, 0) is 0 Å². The van der Waals surface area contributed by atoms with Gasteiger partial charge in [-0.1, -0.05) is 6.58 Å². The van der Waals surface area contributed by atoms with Gasteiger partial charge in [-0.3, -0.25) is 4.99 Å². The first-order chi connectivity index (χ1) is 5.79. The minimum Gasteiger partial charge on any atom is -0.375 e. The fourth-order valence-corrected chi connectivity index (χ4v) is 1.03. The second-order valence-corrected chi connectivity index (χ2v) is 2.36. The molecule has 1 rings (SSSR count). The van der Waals surface area contributed by atoms with Crippen LogP contribution in [0.25, 0.3) is 0 Å². The number of allylic oxidation sites excluding steroid dienone is 2. The first kappa shape index (κ1) is 8.59. The summed E-state index contributed by atoms with van der Waals surface area (Å²) < 4.78 is 0. The molecule has 1 aliphatic heterocycles. The lowest BCUT2D eigenvalue weighted by Gasteiger charge is -2.24. The molecule has 12 heavy (non-hydrogen) atoms. The Balaban J connectivity index is 2.82. The predicted molar refractivity (Wildman–Crippen MR) is 51.4 cm³/mol. The maximum atomic E-state index is 3.96. The average molecular weight is 163 g/mol. The first-order valence-corrected chi connectivity index (χ1v) is 3.81. The molecule has 0 fully saturated rings. The molecule has 0 spiro atoms. The molecule has 0 bridgehead atoms. The van der Waals surface area contributed by atoms with Crippen molar-refractivity contribution in [2.24, 2.45) is 4.99 Å². The maximum Gasteiger partial charge on any atom is 0.105 e. The quantitative estimate of drug-likeness (QED) is 0.667. The van der Waals surface area contributed by atoms with Crippen molar-refractivity contribution in [3.8, 4) is 0 Å². The van der Waals surface area contributed by atoms with E-state index in [1.165, 1.54) is 0 Å². The summed E-state index contributed by atoms with van der Waals surface area (Å²) in [6, 6.07) is 0. The molecular weight excluding hydrogens is 150 g/mol. The van der Waals surface area contributed by atoms with Gasteiger partial charge in [0.15, 0.2) is 0 Å². The van der Waals surface area contributed by atoms with Crippen molar-refractivity contribution < 1.29 is 0 Å². The summed E-state index contributed by atoms with van der Waals surface area (Å²) >= 11 is 0. The number of hydrogen-bond donors (Lipinski definition) is 1. The third kappa shape index (κ3) is 1.56. The van der Waals surface area contributed by atoms with Crippen LogP contribution in [0.2, 0.25) is 0 Å². The zero-order valence-corrected chi connectivity index (χ0v) is 7.41. The van der Waals surface area contributed by atoms with E-state index in [1.807, 2.05) is 31.1 Å². The standard InChI is InChI=1S/C9H13N3/c1-4-9(10-3)12-6-5-11-7-8(12)2/h4-7,10H,2H2,1,3H3/b9-4-. The van der Waals surface area contributed by atoms with E-state index >= 15 is 0 Å². The molecule has 1 aliphatic rings. The molecular formula is C9H13N3. The molecule has 0 saturated carbocycles. The van der Waals surface area contributed by atoms with Crippen molar-refractivity contribution >= 4 is 6.21 Å². The Bertz CT molecular complexity index is 261. The Hall–Kier alpha value is -1.51. The highest BCUT2D eigenvalue weighted by molar-refractivity contribution is 5.79. The van der Waals surface area contributed by atoms with Crippen LogP contribution in [0, 0.1) is 0 Å². The van der Waals surface area contributed by atoms with Crippen LogP contribution in [0.1, 0.15) is 6.92 Å². The minimum absolute atomic E-state index is 0.861. The minimum atomic E-state index is 0.861. The van der Waals surface area contributed by atoms with Gasteiger partial charge in [0, 0.05) is 19.4 Å². The van der Waals surface area contributed by atoms with Gasteiger partial charge < -0.3 is 10.2 Å². The molecule has 1 N–H and O–H groups in total. The topological polar surface area (TPSA) is 27.6 Å². The van der Waals surface area contributed by atoms with Crippen LogP contribution in [0.5, 0.6) is 0 Å². The third-order valence-electron chi connectivity index (χ3n) is 1.62. The Morgan fingerprint density at radius 3 is 3.00 bits per heavy atom. The van der Waals surface area contributed by atoms with Gasteiger partial charge in [0.05, 0.1) is 11.9 Å². The van der Waals surface area contributed by atoms with Crippen molar-refractivity contribution in [2.45, 2.75) is 6.92 Å². The maximum absolute atomic E-state index is 3.96. The highest BCUT2D eigenvalue weighted by Crippen LogP contribution is 2.11.